The lowest BCUT2D eigenvalue weighted by molar-refractivity contribution is -0.159. The fraction of sp³-hybridized carbons (Fsp3) is 0.683. The number of carbonyl (C=O) groups is 12. The molecule has 0 bridgehead atoms. The predicted octanol–water partition coefficient (Wildman–Crippen LogP) is -5.60. The van der Waals surface area contributed by atoms with Gasteiger partial charge < -0.3 is 106 Å². The molecule has 0 spiro atoms. The van der Waals surface area contributed by atoms with Crippen molar-refractivity contribution < 1.29 is 87.8 Å². The van der Waals surface area contributed by atoms with E-state index in [1.54, 1.807) is 41.5 Å². The minimum absolute atomic E-state index is 0.00968. The lowest BCUT2D eigenvalue weighted by Crippen LogP contribution is -2.64. The molecule has 1 saturated heterocycles. The predicted molar refractivity (Wildman–Crippen MR) is 336 cm³/mol. The zero-order valence-electron chi connectivity index (χ0n) is 54.8. The van der Waals surface area contributed by atoms with Crippen LogP contribution in [-0.4, -0.2) is 214 Å². The van der Waals surface area contributed by atoms with E-state index < -0.39 is 206 Å². The summed E-state index contributed by atoms with van der Waals surface area (Å²) in [7, 11) is 0. The molecule has 1 aliphatic heterocycles. The monoisotopic (exact) mass is 1320 g/mol. The number of cyclic esters (lactones) is 1. The molecule has 1 fully saturated rings. The Hall–Kier alpha value is -8.11. The van der Waals surface area contributed by atoms with Gasteiger partial charge in [0.15, 0.2) is 24.2 Å². The van der Waals surface area contributed by atoms with Crippen LogP contribution in [0.5, 0.6) is 0 Å². The quantitative estimate of drug-likeness (QED) is 0.0188. The van der Waals surface area contributed by atoms with Crippen molar-refractivity contribution in [2.24, 2.45) is 41.1 Å². The van der Waals surface area contributed by atoms with E-state index in [9.17, 15) is 78.3 Å². The second-order valence-corrected chi connectivity index (χ2v) is 24.7. The first-order chi connectivity index (χ1) is 43.6. The maximum atomic E-state index is 15.4. The zero-order chi connectivity index (χ0) is 70.6. The molecule has 22 N–H and O–H groups in total. The number of benzene rings is 1. The average Bonchev–Trinajstić information content (AvgIpc) is 1.51. The van der Waals surface area contributed by atoms with E-state index in [1.807, 2.05) is 19.2 Å². The van der Waals surface area contributed by atoms with Crippen LogP contribution in [0.3, 0.4) is 0 Å². The van der Waals surface area contributed by atoms with Crippen LogP contribution in [0.4, 0.5) is 0 Å². The van der Waals surface area contributed by atoms with Gasteiger partial charge in [0.1, 0.15) is 48.3 Å². The number of esters is 1. The number of hydrogen-bond donors (Lipinski definition) is 20. The van der Waals surface area contributed by atoms with Crippen LogP contribution in [0.2, 0.25) is 0 Å². The molecule has 0 unspecified atom stereocenters. The summed E-state index contributed by atoms with van der Waals surface area (Å²) in [6, 6.07) is -10.9. The van der Waals surface area contributed by atoms with E-state index in [1.165, 1.54) is 44.2 Å². The molecule has 93 heavy (non-hydrogen) atoms. The number of carbonyl (C=O) groups excluding carboxylic acids is 12. The molecule has 33 heteroatoms. The fourth-order valence-electron chi connectivity index (χ4n) is 9.55. The van der Waals surface area contributed by atoms with Gasteiger partial charge in [-0.25, -0.2) is 4.79 Å². The molecule has 1 aromatic carbocycles. The second-order valence-electron chi connectivity index (χ2n) is 24.7. The number of amides is 11. The third kappa shape index (κ3) is 27.2. The Bertz CT molecular complexity index is 2690. The summed E-state index contributed by atoms with van der Waals surface area (Å²) in [4.78, 5) is 172. The summed E-state index contributed by atoms with van der Waals surface area (Å²) in [6.45, 7) is 14.2. The fourth-order valence-corrected chi connectivity index (χ4v) is 9.55. The Morgan fingerprint density at radius 2 is 1.19 bits per heavy atom. The van der Waals surface area contributed by atoms with E-state index in [0.29, 0.717) is 0 Å². The first-order valence-electron chi connectivity index (χ1n) is 31.2. The Morgan fingerprint density at radius 1 is 0.634 bits per heavy atom. The minimum atomic E-state index is -2.55. The van der Waals surface area contributed by atoms with Crippen LogP contribution in [0.1, 0.15) is 126 Å². The van der Waals surface area contributed by atoms with Crippen molar-refractivity contribution in [1.29, 1.82) is 5.41 Å². The third-order valence-electron chi connectivity index (χ3n) is 14.9. The van der Waals surface area contributed by atoms with Gasteiger partial charge in [-0.15, -0.1) is 0 Å². The Labute approximate surface area is 541 Å². The van der Waals surface area contributed by atoms with Gasteiger partial charge in [-0.2, -0.15) is 0 Å². The van der Waals surface area contributed by atoms with Gasteiger partial charge in [0.25, 0.3) is 5.91 Å². The van der Waals surface area contributed by atoms with Crippen molar-refractivity contribution in [3.8, 4) is 0 Å². The topological polar surface area (TPSA) is 535 Å². The van der Waals surface area contributed by atoms with Crippen molar-refractivity contribution >= 4 is 76.9 Å². The first kappa shape index (κ1) is 81.0. The molecule has 0 aliphatic carbocycles. The molecule has 1 aliphatic rings. The minimum Gasteiger partial charge on any atom is -0.453 e. The maximum Gasteiger partial charge on any atom is 0.331 e. The molecule has 0 saturated carbocycles. The van der Waals surface area contributed by atoms with Gasteiger partial charge in [-0.05, 0) is 74.2 Å². The van der Waals surface area contributed by atoms with Crippen LogP contribution >= 0.6 is 0 Å². The van der Waals surface area contributed by atoms with E-state index in [4.69, 9.17) is 21.6 Å². The van der Waals surface area contributed by atoms with Crippen LogP contribution in [-0.2, 0) is 62.3 Å². The number of aliphatic hydroxyl groups excluding tert-OH is 5. The van der Waals surface area contributed by atoms with Crippen LogP contribution in [0, 0.1) is 35.0 Å². The summed E-state index contributed by atoms with van der Waals surface area (Å²) in [5, 5.41) is 90.5. The highest BCUT2D eigenvalue weighted by atomic mass is 16.5. The summed E-state index contributed by atoms with van der Waals surface area (Å²) in [5.74, 6) is -17.2. The molecule has 0 radical (unpaired) electrons. The Morgan fingerprint density at radius 3 is 1.74 bits per heavy atom. The molecule has 15 atom stereocenters. The average molecular weight is 1320 g/mol. The number of nitrogens with one attached hydrogen (secondary N) is 13. The molecule has 33 nitrogen and oxygen atoms in total. The summed E-state index contributed by atoms with van der Waals surface area (Å²) in [5.41, 5.74) is 11.6. The van der Waals surface area contributed by atoms with Gasteiger partial charge in [-0.3, -0.25) is 58.1 Å². The standard InChI is InChI=1S/C60H101N15O18/c1-12-32(10)41-54(87)73-42(33(11)78)53(86)66-26-40(79)71-44(47(81)58(91)64-21-22-76)56(89)70-39(27-77)59(92)93-48(34-17-14-13-15-18-34)45(75-52(85)38(25-30(6)7)68-49(82)35(61)23-28(2)3)57(90)74-43(46(80)31(8)9)55(88)69-37(24-29(4)5)51(84)67-36(50(83)72-41)19-16-20-65-60(62)63/h13-15,17-18,28-33,35-39,41-48,76-78,80-81H,12,16,19-27,61H2,1-11H3,(H,64,91)(H,66,86)(H,67,84)(H,68,82)(H,69,88)(H,70,89)(H,71,79)(H,72,83)(H,73,87)(H,74,90)(H,75,85)(H4,62,63,65)/t32-,33-,35+,36+,37-,38-,39-,41-,42-,43-,44-,45-,46+,47-,48+/m0/s1. The number of aliphatic hydroxyl groups is 5. The Balaban J connectivity index is 3.16. The van der Waals surface area contributed by atoms with Crippen LogP contribution in [0.15, 0.2) is 30.3 Å². The number of hydrogen-bond acceptors (Lipinski definition) is 20. The summed E-state index contributed by atoms with van der Waals surface area (Å²) >= 11 is 0. The normalized spacial score (nSPS) is 24.3. The van der Waals surface area contributed by atoms with Crippen molar-refractivity contribution in [3.63, 3.8) is 0 Å². The SMILES string of the molecule is CC[C@H](C)[C@@H]1NC(=O)[C@@H](CCCNC(=N)N)NC(=O)[C@H](CC(C)C)NC(=O)[C@H]([C@H](O)C(C)C)NC(=O)[C@@H](NC(=O)[C@H](CC(C)C)NC(=O)[C@H](N)CC(C)C)[C@@H](c2ccccc2)OC(=O)[C@H](CO)NC(=O)[C@H]([C@H](O)C(=O)NCCO)NC(=O)CNC(=O)[C@H]([C@H](C)O)NC1=O. The molecule has 524 valence electrons. The largest absolute Gasteiger partial charge is 0.453 e. The zero-order valence-corrected chi connectivity index (χ0v) is 54.8. The molecule has 11 amide bonds. The molecule has 0 aromatic heterocycles. The number of rotatable bonds is 25. The number of nitrogens with two attached hydrogens (primary N) is 2. The van der Waals surface area contributed by atoms with Crippen molar-refractivity contribution in [3.05, 3.63) is 35.9 Å². The second kappa shape index (κ2) is 40.1. The number of guanidine groups is 1. The van der Waals surface area contributed by atoms with Gasteiger partial charge in [0.05, 0.1) is 38.0 Å². The van der Waals surface area contributed by atoms with E-state index >= 15 is 4.79 Å². The first-order valence-corrected chi connectivity index (χ1v) is 31.2. The number of ether oxygens (including phenoxy) is 1. The van der Waals surface area contributed by atoms with Gasteiger partial charge in [0, 0.05) is 13.1 Å². The highest BCUT2D eigenvalue weighted by molar-refractivity contribution is 6.00. The molecular formula is C60H101N15O18. The van der Waals surface area contributed by atoms with Crippen molar-refractivity contribution in [1.82, 2.24) is 63.8 Å². The summed E-state index contributed by atoms with van der Waals surface area (Å²) in [6.07, 6.45) is -8.09. The van der Waals surface area contributed by atoms with Gasteiger partial charge in [-0.1, -0.05) is 106 Å². The van der Waals surface area contributed by atoms with Crippen molar-refractivity contribution in [2.75, 3.05) is 32.8 Å². The van der Waals surface area contributed by atoms with E-state index in [2.05, 4.69) is 58.5 Å². The van der Waals surface area contributed by atoms with E-state index in [0.717, 1.165) is 6.92 Å². The Kier molecular flexibility index (Phi) is 34.9. The lowest BCUT2D eigenvalue weighted by atomic mass is 9.95. The van der Waals surface area contributed by atoms with Gasteiger partial charge in [0.2, 0.25) is 59.1 Å². The molecule has 2 rings (SSSR count). The van der Waals surface area contributed by atoms with Crippen LogP contribution < -0.4 is 75.3 Å². The highest BCUT2D eigenvalue weighted by Gasteiger charge is 2.44. The highest BCUT2D eigenvalue weighted by Crippen LogP contribution is 2.25. The molecular weight excluding hydrogens is 1220 g/mol. The van der Waals surface area contributed by atoms with Crippen molar-refractivity contribution in [2.45, 2.75) is 200 Å². The maximum absolute atomic E-state index is 15.4. The summed E-state index contributed by atoms with van der Waals surface area (Å²) < 4.78 is 5.96. The van der Waals surface area contributed by atoms with E-state index in [-0.39, 0.29) is 62.5 Å². The van der Waals surface area contributed by atoms with Crippen LogP contribution in [0.25, 0.3) is 0 Å². The molecule has 1 aromatic rings. The molecule has 1 heterocycles. The van der Waals surface area contributed by atoms with Gasteiger partial charge >= 0.3 is 5.97 Å². The lowest BCUT2D eigenvalue weighted by Gasteiger charge is -2.34. The smallest absolute Gasteiger partial charge is 0.331 e. The third-order valence-corrected chi connectivity index (χ3v) is 14.9.